The number of carbonyl (C=O) groups is 2. The molecule has 0 fully saturated rings. The molecule has 6 heteroatoms. The van der Waals surface area contributed by atoms with E-state index in [9.17, 15) is 14.0 Å². The summed E-state index contributed by atoms with van der Waals surface area (Å²) in [5.41, 5.74) is 0.710. The first kappa shape index (κ1) is 16.9. The number of hydrogen-bond donors (Lipinski definition) is 2. The summed E-state index contributed by atoms with van der Waals surface area (Å²) in [5, 5.41) is 11.3. The lowest BCUT2D eigenvalue weighted by Gasteiger charge is -2.10. The number of rotatable bonds is 8. The summed E-state index contributed by atoms with van der Waals surface area (Å²) < 4.78 is 18.3. The third-order valence-electron chi connectivity index (χ3n) is 3.03. The normalized spacial score (nSPS) is 11.8. The largest absolute Gasteiger partial charge is 0.494 e. The molecule has 1 amide bonds. The molecule has 21 heavy (non-hydrogen) atoms. The number of hydrogen-bond acceptors (Lipinski definition) is 3. The van der Waals surface area contributed by atoms with E-state index in [-0.39, 0.29) is 30.4 Å². The number of carboxylic acid groups (broad SMARTS) is 1. The molecule has 1 unspecified atom stereocenters. The van der Waals surface area contributed by atoms with Crippen LogP contribution in [0.2, 0.25) is 0 Å². The first-order valence-electron chi connectivity index (χ1n) is 6.73. The Hall–Kier alpha value is -2.11. The minimum absolute atomic E-state index is 0.0178. The summed E-state index contributed by atoms with van der Waals surface area (Å²) >= 11 is 0. The van der Waals surface area contributed by atoms with Crippen molar-refractivity contribution in [1.82, 2.24) is 5.32 Å². The minimum atomic E-state index is -0.884. The van der Waals surface area contributed by atoms with E-state index in [1.54, 1.807) is 13.0 Å². The number of methoxy groups -OCH3 is 1. The molecule has 0 aromatic heterocycles. The molecule has 0 heterocycles. The predicted molar refractivity (Wildman–Crippen MR) is 75.7 cm³/mol. The van der Waals surface area contributed by atoms with Gasteiger partial charge in [0.25, 0.3) is 0 Å². The summed E-state index contributed by atoms with van der Waals surface area (Å²) in [4.78, 5) is 22.1. The van der Waals surface area contributed by atoms with Gasteiger partial charge in [0.2, 0.25) is 5.91 Å². The zero-order valence-corrected chi connectivity index (χ0v) is 12.2. The SMILES string of the molecule is COc1ccc(CCC(=O)NCC(C)CC(=O)O)cc1F. The zero-order valence-electron chi connectivity index (χ0n) is 12.2. The standard InChI is InChI=1S/C15H20FNO4/c1-10(7-15(19)20)9-17-14(18)6-4-11-3-5-13(21-2)12(16)8-11/h3,5,8,10H,4,6-7,9H2,1-2H3,(H,17,18)(H,19,20). The van der Waals surface area contributed by atoms with E-state index in [4.69, 9.17) is 9.84 Å². The average molecular weight is 297 g/mol. The van der Waals surface area contributed by atoms with Gasteiger partial charge < -0.3 is 15.2 Å². The molecule has 0 aliphatic carbocycles. The lowest BCUT2D eigenvalue weighted by molar-refractivity contribution is -0.138. The van der Waals surface area contributed by atoms with Gasteiger partial charge in [-0.25, -0.2) is 4.39 Å². The lowest BCUT2D eigenvalue weighted by atomic mass is 10.1. The van der Waals surface area contributed by atoms with Crippen LogP contribution in [0.4, 0.5) is 4.39 Å². The van der Waals surface area contributed by atoms with Crippen molar-refractivity contribution in [2.75, 3.05) is 13.7 Å². The summed E-state index contributed by atoms with van der Waals surface area (Å²) in [5.74, 6) is -1.46. The number of halogens is 1. The molecule has 1 aromatic rings. The Morgan fingerprint density at radius 1 is 1.43 bits per heavy atom. The monoisotopic (exact) mass is 297 g/mol. The molecule has 0 radical (unpaired) electrons. The van der Waals surface area contributed by atoms with Crippen molar-refractivity contribution in [1.29, 1.82) is 0 Å². The fraction of sp³-hybridized carbons (Fsp3) is 0.467. The van der Waals surface area contributed by atoms with E-state index in [1.165, 1.54) is 19.2 Å². The molecule has 2 N–H and O–H groups in total. The van der Waals surface area contributed by atoms with E-state index in [0.717, 1.165) is 0 Å². The highest BCUT2D eigenvalue weighted by atomic mass is 19.1. The molecule has 0 saturated carbocycles. The molecule has 0 spiro atoms. The van der Waals surface area contributed by atoms with Gasteiger partial charge in [-0.05, 0) is 30.0 Å². The number of amides is 1. The van der Waals surface area contributed by atoms with Gasteiger partial charge in [-0.1, -0.05) is 13.0 Å². The van der Waals surface area contributed by atoms with Crippen molar-refractivity contribution < 1.29 is 23.8 Å². The number of aliphatic carboxylic acids is 1. The van der Waals surface area contributed by atoms with Gasteiger partial charge in [0, 0.05) is 19.4 Å². The highest BCUT2D eigenvalue weighted by Gasteiger charge is 2.10. The van der Waals surface area contributed by atoms with E-state index >= 15 is 0 Å². The van der Waals surface area contributed by atoms with Crippen molar-refractivity contribution in [2.45, 2.75) is 26.2 Å². The molecule has 0 aliphatic rings. The topological polar surface area (TPSA) is 75.6 Å². The molecule has 0 aliphatic heterocycles. The number of ether oxygens (including phenoxy) is 1. The average Bonchev–Trinajstić information content (AvgIpc) is 2.42. The summed E-state index contributed by atoms with van der Waals surface area (Å²) in [7, 11) is 1.39. The number of benzene rings is 1. The summed E-state index contributed by atoms with van der Waals surface area (Å²) in [6.45, 7) is 2.08. The Bertz CT molecular complexity index is 504. The Balaban J connectivity index is 2.36. The quantitative estimate of drug-likeness (QED) is 0.769. The number of carboxylic acids is 1. The number of nitrogens with one attached hydrogen (secondary N) is 1. The van der Waals surface area contributed by atoms with Crippen LogP contribution in [0.3, 0.4) is 0 Å². The van der Waals surface area contributed by atoms with Crippen LogP contribution in [-0.2, 0) is 16.0 Å². The third kappa shape index (κ3) is 6.25. The number of carbonyl (C=O) groups excluding carboxylic acids is 1. The molecule has 5 nitrogen and oxygen atoms in total. The zero-order chi connectivity index (χ0) is 15.8. The van der Waals surface area contributed by atoms with E-state index in [0.29, 0.717) is 18.5 Å². The van der Waals surface area contributed by atoms with Gasteiger partial charge in [0.15, 0.2) is 11.6 Å². The van der Waals surface area contributed by atoms with Crippen LogP contribution < -0.4 is 10.1 Å². The molecular weight excluding hydrogens is 277 g/mol. The maximum absolute atomic E-state index is 13.5. The second kappa shape index (κ2) is 8.24. The van der Waals surface area contributed by atoms with E-state index < -0.39 is 11.8 Å². The van der Waals surface area contributed by atoms with E-state index in [2.05, 4.69) is 5.32 Å². The lowest BCUT2D eigenvalue weighted by Crippen LogP contribution is -2.29. The van der Waals surface area contributed by atoms with E-state index in [1.807, 2.05) is 0 Å². The Morgan fingerprint density at radius 3 is 2.71 bits per heavy atom. The second-order valence-electron chi connectivity index (χ2n) is 4.98. The predicted octanol–water partition coefficient (Wildman–Crippen LogP) is 1.99. The van der Waals surface area contributed by atoms with Crippen molar-refractivity contribution in [3.63, 3.8) is 0 Å². The highest BCUT2D eigenvalue weighted by molar-refractivity contribution is 5.76. The van der Waals surface area contributed by atoms with Crippen molar-refractivity contribution in [2.24, 2.45) is 5.92 Å². The van der Waals surface area contributed by atoms with Gasteiger partial charge >= 0.3 is 5.97 Å². The highest BCUT2D eigenvalue weighted by Crippen LogP contribution is 2.18. The van der Waals surface area contributed by atoms with Gasteiger partial charge in [0.05, 0.1) is 7.11 Å². The first-order valence-corrected chi connectivity index (χ1v) is 6.73. The maximum atomic E-state index is 13.5. The van der Waals surface area contributed by atoms with Gasteiger partial charge in [-0.3, -0.25) is 9.59 Å². The summed E-state index contributed by atoms with van der Waals surface area (Å²) in [6.07, 6.45) is 0.662. The third-order valence-corrected chi connectivity index (χ3v) is 3.03. The van der Waals surface area contributed by atoms with Gasteiger partial charge in [-0.15, -0.1) is 0 Å². The number of aryl methyl sites for hydroxylation is 1. The smallest absolute Gasteiger partial charge is 0.303 e. The second-order valence-corrected chi connectivity index (χ2v) is 4.98. The molecule has 0 saturated heterocycles. The van der Waals surface area contributed by atoms with Crippen LogP contribution in [0, 0.1) is 11.7 Å². The Morgan fingerprint density at radius 2 is 2.14 bits per heavy atom. The van der Waals surface area contributed by atoms with Crippen LogP contribution in [0.5, 0.6) is 5.75 Å². The van der Waals surface area contributed by atoms with Gasteiger partial charge in [0.1, 0.15) is 0 Å². The van der Waals surface area contributed by atoms with Crippen LogP contribution in [-0.4, -0.2) is 30.6 Å². The van der Waals surface area contributed by atoms with Crippen LogP contribution in [0.1, 0.15) is 25.3 Å². The van der Waals surface area contributed by atoms with Crippen LogP contribution >= 0.6 is 0 Å². The minimum Gasteiger partial charge on any atom is -0.494 e. The fourth-order valence-electron chi connectivity index (χ4n) is 1.87. The van der Waals surface area contributed by atoms with Crippen LogP contribution in [0.15, 0.2) is 18.2 Å². The summed E-state index contributed by atoms with van der Waals surface area (Å²) in [6, 6.07) is 4.58. The maximum Gasteiger partial charge on any atom is 0.303 e. The molecule has 1 aromatic carbocycles. The Kier molecular flexibility index (Phi) is 6.65. The molecule has 116 valence electrons. The molecular formula is C15H20FNO4. The molecule has 1 atom stereocenters. The fourth-order valence-corrected chi connectivity index (χ4v) is 1.87. The van der Waals surface area contributed by atoms with Crippen molar-refractivity contribution in [3.8, 4) is 5.75 Å². The first-order chi connectivity index (χ1) is 9.92. The Labute approximate surface area is 123 Å². The molecule has 1 rings (SSSR count). The molecule has 0 bridgehead atoms. The van der Waals surface area contributed by atoms with Gasteiger partial charge in [-0.2, -0.15) is 0 Å². The van der Waals surface area contributed by atoms with Crippen molar-refractivity contribution >= 4 is 11.9 Å². The van der Waals surface area contributed by atoms with Crippen molar-refractivity contribution in [3.05, 3.63) is 29.6 Å². The van der Waals surface area contributed by atoms with Crippen LogP contribution in [0.25, 0.3) is 0 Å².